The highest BCUT2D eigenvalue weighted by Gasteiger charge is 2.04. The van der Waals surface area contributed by atoms with Crippen LogP contribution in [-0.4, -0.2) is 19.6 Å². The summed E-state index contributed by atoms with van der Waals surface area (Å²) in [7, 11) is 1.62. The molecule has 0 fully saturated rings. The van der Waals surface area contributed by atoms with Gasteiger partial charge in [0.1, 0.15) is 5.75 Å². The van der Waals surface area contributed by atoms with Crippen LogP contribution in [0.3, 0.4) is 0 Å². The van der Waals surface area contributed by atoms with E-state index < -0.39 is 0 Å². The Kier molecular flexibility index (Phi) is 5.63. The van der Waals surface area contributed by atoms with Gasteiger partial charge in [-0.25, -0.2) is 0 Å². The van der Waals surface area contributed by atoms with Gasteiger partial charge in [0.05, 0.1) is 13.7 Å². The van der Waals surface area contributed by atoms with Crippen molar-refractivity contribution in [2.45, 2.75) is 6.54 Å². The molecule has 2 rings (SSSR count). The van der Waals surface area contributed by atoms with E-state index in [9.17, 15) is 4.79 Å². The summed E-state index contributed by atoms with van der Waals surface area (Å²) < 4.78 is 6.25. The van der Waals surface area contributed by atoms with Crippen molar-refractivity contribution < 1.29 is 9.53 Å². The van der Waals surface area contributed by atoms with Gasteiger partial charge in [-0.2, -0.15) is 0 Å². The van der Waals surface area contributed by atoms with E-state index in [1.54, 1.807) is 7.11 Å². The van der Waals surface area contributed by atoms with Crippen LogP contribution in [0.4, 0.5) is 5.69 Å². The van der Waals surface area contributed by atoms with E-state index in [-0.39, 0.29) is 12.5 Å². The number of carbonyl (C=O) groups excluding carboxylic acids is 1. The average molecular weight is 349 g/mol. The first-order valence-corrected chi connectivity index (χ1v) is 7.36. The molecule has 21 heavy (non-hydrogen) atoms. The summed E-state index contributed by atoms with van der Waals surface area (Å²) in [6, 6.07) is 15.3. The Morgan fingerprint density at radius 3 is 2.57 bits per heavy atom. The second kappa shape index (κ2) is 7.69. The van der Waals surface area contributed by atoms with Gasteiger partial charge in [0.2, 0.25) is 5.91 Å². The molecule has 0 saturated heterocycles. The molecule has 0 saturated carbocycles. The first kappa shape index (κ1) is 15.4. The van der Waals surface area contributed by atoms with Gasteiger partial charge >= 0.3 is 0 Å². The minimum atomic E-state index is -0.0659. The number of hydrogen-bond donors (Lipinski definition) is 2. The summed E-state index contributed by atoms with van der Waals surface area (Å²) in [4.78, 5) is 11.8. The highest BCUT2D eigenvalue weighted by atomic mass is 79.9. The maximum atomic E-state index is 11.8. The lowest BCUT2D eigenvalue weighted by Gasteiger charge is -2.10. The fourth-order valence-electron chi connectivity index (χ4n) is 1.86. The van der Waals surface area contributed by atoms with Crippen molar-refractivity contribution in [3.8, 4) is 5.75 Å². The predicted octanol–water partition coefficient (Wildman–Crippen LogP) is 3.19. The van der Waals surface area contributed by atoms with Gasteiger partial charge in [-0.1, -0.05) is 34.1 Å². The zero-order chi connectivity index (χ0) is 15.1. The molecule has 2 aromatic rings. The van der Waals surface area contributed by atoms with Gasteiger partial charge in [0.25, 0.3) is 0 Å². The SMILES string of the molecule is COc1ccccc1CNC(=O)CNc1ccc(Br)cc1. The van der Waals surface area contributed by atoms with Crippen LogP contribution in [0, 0.1) is 0 Å². The van der Waals surface area contributed by atoms with Crippen molar-refractivity contribution in [3.63, 3.8) is 0 Å². The van der Waals surface area contributed by atoms with Gasteiger partial charge in [-0.3, -0.25) is 4.79 Å². The average Bonchev–Trinajstić information content (AvgIpc) is 2.52. The number of amides is 1. The van der Waals surface area contributed by atoms with Gasteiger partial charge in [-0.05, 0) is 30.3 Å². The first-order valence-electron chi connectivity index (χ1n) is 6.57. The number of hydrogen-bond acceptors (Lipinski definition) is 3. The lowest BCUT2D eigenvalue weighted by Crippen LogP contribution is -2.29. The fraction of sp³-hybridized carbons (Fsp3) is 0.188. The second-order valence-corrected chi connectivity index (χ2v) is 5.36. The molecule has 0 aliphatic rings. The maximum absolute atomic E-state index is 11.8. The van der Waals surface area contributed by atoms with Crippen LogP contribution in [0.2, 0.25) is 0 Å². The third-order valence-electron chi connectivity index (χ3n) is 2.97. The van der Waals surface area contributed by atoms with E-state index in [0.717, 1.165) is 21.5 Å². The minimum Gasteiger partial charge on any atom is -0.496 e. The summed E-state index contributed by atoms with van der Waals surface area (Å²) in [6.07, 6.45) is 0. The van der Waals surface area contributed by atoms with E-state index in [2.05, 4.69) is 26.6 Å². The van der Waals surface area contributed by atoms with E-state index >= 15 is 0 Å². The van der Waals surface area contributed by atoms with Crippen molar-refractivity contribution in [2.24, 2.45) is 0 Å². The van der Waals surface area contributed by atoms with Crippen LogP contribution < -0.4 is 15.4 Å². The number of para-hydroxylation sites is 1. The molecular formula is C16H17BrN2O2. The first-order chi connectivity index (χ1) is 10.2. The summed E-state index contributed by atoms with van der Waals surface area (Å²) in [5.74, 6) is 0.711. The normalized spacial score (nSPS) is 10.0. The molecule has 0 aliphatic carbocycles. The number of anilines is 1. The van der Waals surface area contributed by atoms with Crippen LogP contribution >= 0.6 is 15.9 Å². The van der Waals surface area contributed by atoms with Crippen LogP contribution in [0.15, 0.2) is 53.0 Å². The van der Waals surface area contributed by atoms with Crippen LogP contribution in [0.25, 0.3) is 0 Å². The molecule has 4 nitrogen and oxygen atoms in total. The van der Waals surface area contributed by atoms with Gasteiger partial charge in [0.15, 0.2) is 0 Å². The zero-order valence-electron chi connectivity index (χ0n) is 11.7. The Morgan fingerprint density at radius 2 is 1.86 bits per heavy atom. The van der Waals surface area contributed by atoms with Crippen molar-refractivity contribution in [2.75, 3.05) is 19.0 Å². The Hall–Kier alpha value is -2.01. The molecule has 1 amide bonds. The number of carbonyl (C=O) groups is 1. The fourth-order valence-corrected chi connectivity index (χ4v) is 2.12. The van der Waals surface area contributed by atoms with Crippen molar-refractivity contribution >= 4 is 27.5 Å². The van der Waals surface area contributed by atoms with Gasteiger partial charge in [-0.15, -0.1) is 0 Å². The summed E-state index contributed by atoms with van der Waals surface area (Å²) in [6.45, 7) is 0.682. The second-order valence-electron chi connectivity index (χ2n) is 4.45. The van der Waals surface area contributed by atoms with Crippen LogP contribution in [0.5, 0.6) is 5.75 Å². The third kappa shape index (κ3) is 4.79. The molecule has 0 bridgehead atoms. The monoisotopic (exact) mass is 348 g/mol. The highest BCUT2D eigenvalue weighted by molar-refractivity contribution is 9.10. The standard InChI is InChI=1S/C16H17BrN2O2/c1-21-15-5-3-2-4-12(15)10-19-16(20)11-18-14-8-6-13(17)7-9-14/h2-9,18H,10-11H2,1H3,(H,19,20). The molecule has 0 aliphatic heterocycles. The molecule has 0 aromatic heterocycles. The van der Waals surface area contributed by atoms with Crippen molar-refractivity contribution in [1.29, 1.82) is 0 Å². The number of nitrogens with one attached hydrogen (secondary N) is 2. The number of halogens is 1. The van der Waals surface area contributed by atoms with Crippen LogP contribution in [-0.2, 0) is 11.3 Å². The van der Waals surface area contributed by atoms with Gasteiger partial charge in [0, 0.05) is 22.3 Å². The Balaban J connectivity index is 1.81. The largest absolute Gasteiger partial charge is 0.496 e. The molecule has 0 radical (unpaired) electrons. The van der Waals surface area contributed by atoms with Crippen molar-refractivity contribution in [3.05, 3.63) is 58.6 Å². The van der Waals surface area contributed by atoms with E-state index in [0.29, 0.717) is 6.54 Å². The molecule has 0 spiro atoms. The molecule has 110 valence electrons. The summed E-state index contributed by atoms with van der Waals surface area (Å²) in [5.41, 5.74) is 1.86. The molecule has 0 heterocycles. The quantitative estimate of drug-likeness (QED) is 0.842. The smallest absolute Gasteiger partial charge is 0.239 e. The Bertz CT molecular complexity index is 599. The zero-order valence-corrected chi connectivity index (χ0v) is 13.3. The number of rotatable bonds is 6. The Labute approximate surface area is 132 Å². The lowest BCUT2D eigenvalue weighted by molar-refractivity contribution is -0.119. The number of ether oxygens (including phenoxy) is 1. The molecule has 5 heteroatoms. The Morgan fingerprint density at radius 1 is 1.14 bits per heavy atom. The summed E-state index contributed by atoms with van der Waals surface area (Å²) >= 11 is 3.37. The lowest BCUT2D eigenvalue weighted by atomic mass is 10.2. The minimum absolute atomic E-state index is 0.0659. The summed E-state index contributed by atoms with van der Waals surface area (Å²) in [5, 5.41) is 5.94. The van der Waals surface area contributed by atoms with E-state index in [4.69, 9.17) is 4.74 Å². The predicted molar refractivity (Wildman–Crippen MR) is 87.5 cm³/mol. The van der Waals surface area contributed by atoms with Gasteiger partial charge < -0.3 is 15.4 Å². The molecular weight excluding hydrogens is 332 g/mol. The highest BCUT2D eigenvalue weighted by Crippen LogP contribution is 2.16. The third-order valence-corrected chi connectivity index (χ3v) is 3.49. The number of benzene rings is 2. The van der Waals surface area contributed by atoms with E-state index in [1.807, 2.05) is 48.5 Å². The van der Waals surface area contributed by atoms with E-state index in [1.165, 1.54) is 0 Å². The molecule has 2 N–H and O–H groups in total. The molecule has 0 atom stereocenters. The molecule has 2 aromatic carbocycles. The number of methoxy groups -OCH3 is 1. The van der Waals surface area contributed by atoms with Crippen LogP contribution in [0.1, 0.15) is 5.56 Å². The molecule has 0 unspecified atom stereocenters. The topological polar surface area (TPSA) is 50.4 Å². The van der Waals surface area contributed by atoms with Crippen molar-refractivity contribution in [1.82, 2.24) is 5.32 Å². The maximum Gasteiger partial charge on any atom is 0.239 e.